The van der Waals surface area contributed by atoms with E-state index in [0.717, 1.165) is 48.1 Å². The van der Waals surface area contributed by atoms with Crippen molar-refractivity contribution in [2.24, 2.45) is 0 Å². The van der Waals surface area contributed by atoms with Crippen LogP contribution < -0.4 is 14.9 Å². The van der Waals surface area contributed by atoms with E-state index in [1.807, 2.05) is 26.0 Å². The van der Waals surface area contributed by atoms with Gasteiger partial charge < -0.3 is 5.32 Å². The molecule has 0 unspecified atom stereocenters. The Bertz CT molecular complexity index is 1060. The number of sulfonamides is 1. The average Bonchev–Trinajstić information content (AvgIpc) is 3.15. The monoisotopic (exact) mass is 427 g/mol. The lowest BCUT2D eigenvalue weighted by atomic mass is 9.96. The summed E-state index contributed by atoms with van der Waals surface area (Å²) < 4.78 is 28.4. The van der Waals surface area contributed by atoms with Gasteiger partial charge in [0.2, 0.25) is 0 Å². The largest absolute Gasteiger partial charge is 0.335 e. The first-order valence-corrected chi connectivity index (χ1v) is 12.1. The van der Waals surface area contributed by atoms with Crippen LogP contribution in [-0.2, 0) is 16.4 Å². The van der Waals surface area contributed by atoms with Gasteiger partial charge in [-0.2, -0.15) is 0 Å². The Morgan fingerprint density at radius 1 is 1.00 bits per heavy atom. The molecule has 0 bridgehead atoms. The Labute approximate surface area is 178 Å². The van der Waals surface area contributed by atoms with E-state index in [1.165, 1.54) is 6.42 Å². The lowest BCUT2D eigenvalue weighted by Crippen LogP contribution is -2.45. The number of amides is 2. The number of rotatable bonds is 4. The van der Waals surface area contributed by atoms with Crippen molar-refractivity contribution in [1.29, 1.82) is 0 Å². The van der Waals surface area contributed by atoms with Crippen molar-refractivity contribution in [1.82, 2.24) is 5.32 Å². The van der Waals surface area contributed by atoms with Crippen molar-refractivity contribution < 1.29 is 13.2 Å². The Hall–Kier alpha value is -2.54. The molecule has 30 heavy (non-hydrogen) atoms. The SMILES string of the molecule is Cc1ccc(NS(=O)(=O)c2ccc3c(c2)CCN3C(=O)NC2CCCCC2)cc1C. The van der Waals surface area contributed by atoms with E-state index in [4.69, 9.17) is 0 Å². The molecule has 0 radical (unpaired) electrons. The minimum atomic E-state index is -3.69. The number of aryl methyl sites for hydroxylation is 2. The smallest absolute Gasteiger partial charge is 0.322 e. The molecule has 0 spiro atoms. The molecule has 1 aliphatic carbocycles. The number of nitrogens with zero attached hydrogens (tertiary/aromatic N) is 1. The number of benzene rings is 2. The second-order valence-corrected chi connectivity index (χ2v) is 10.1. The molecule has 160 valence electrons. The molecule has 2 amide bonds. The average molecular weight is 428 g/mol. The lowest BCUT2D eigenvalue weighted by molar-refractivity contribution is 0.238. The van der Waals surface area contributed by atoms with E-state index >= 15 is 0 Å². The quantitative estimate of drug-likeness (QED) is 0.754. The second-order valence-electron chi connectivity index (χ2n) is 8.38. The van der Waals surface area contributed by atoms with Gasteiger partial charge in [-0.15, -0.1) is 0 Å². The van der Waals surface area contributed by atoms with Gasteiger partial charge in [0.25, 0.3) is 10.0 Å². The molecule has 6 nitrogen and oxygen atoms in total. The molecule has 0 saturated heterocycles. The van der Waals surface area contributed by atoms with Gasteiger partial charge in [0.05, 0.1) is 4.90 Å². The number of fused-ring (bicyclic) bond motifs is 1. The molecule has 2 N–H and O–H groups in total. The first kappa shape index (κ1) is 20.7. The molecule has 2 aliphatic rings. The molecule has 4 rings (SSSR count). The van der Waals surface area contributed by atoms with Crippen molar-refractivity contribution >= 4 is 27.4 Å². The number of hydrogen-bond acceptors (Lipinski definition) is 3. The summed E-state index contributed by atoms with van der Waals surface area (Å²) in [5.41, 5.74) is 4.38. The normalized spacial score (nSPS) is 16.9. The van der Waals surface area contributed by atoms with Gasteiger partial charge in [0, 0.05) is 24.0 Å². The zero-order chi connectivity index (χ0) is 21.3. The summed E-state index contributed by atoms with van der Waals surface area (Å²) >= 11 is 0. The number of hydrogen-bond donors (Lipinski definition) is 2. The molecule has 2 aromatic carbocycles. The van der Waals surface area contributed by atoms with Crippen molar-refractivity contribution in [3.05, 3.63) is 53.1 Å². The summed E-state index contributed by atoms with van der Waals surface area (Å²) in [4.78, 5) is 14.7. The van der Waals surface area contributed by atoms with Crippen LogP contribution in [0.1, 0.15) is 48.8 Å². The lowest BCUT2D eigenvalue weighted by Gasteiger charge is -2.26. The fourth-order valence-corrected chi connectivity index (χ4v) is 5.37. The van der Waals surface area contributed by atoms with E-state index in [-0.39, 0.29) is 17.0 Å². The Balaban J connectivity index is 1.49. The number of carbonyl (C=O) groups is 1. The summed E-state index contributed by atoms with van der Waals surface area (Å²) in [5, 5.41) is 3.15. The number of anilines is 2. The number of nitrogens with one attached hydrogen (secondary N) is 2. The van der Waals surface area contributed by atoms with Crippen LogP contribution in [0.25, 0.3) is 0 Å². The highest BCUT2D eigenvalue weighted by molar-refractivity contribution is 7.92. The molecule has 1 heterocycles. The van der Waals surface area contributed by atoms with E-state index in [0.29, 0.717) is 18.7 Å². The van der Waals surface area contributed by atoms with Gasteiger partial charge in [-0.3, -0.25) is 9.62 Å². The summed E-state index contributed by atoms with van der Waals surface area (Å²) in [6.07, 6.45) is 6.29. The third-order valence-electron chi connectivity index (χ3n) is 6.19. The first-order valence-electron chi connectivity index (χ1n) is 10.6. The number of carbonyl (C=O) groups excluding carboxylic acids is 1. The number of urea groups is 1. The van der Waals surface area contributed by atoms with Gasteiger partial charge in [-0.05, 0) is 80.1 Å². The van der Waals surface area contributed by atoms with Crippen molar-refractivity contribution in [2.75, 3.05) is 16.2 Å². The van der Waals surface area contributed by atoms with E-state index < -0.39 is 10.0 Å². The van der Waals surface area contributed by atoms with Gasteiger partial charge in [-0.1, -0.05) is 25.3 Å². The summed E-state index contributed by atoms with van der Waals surface area (Å²) in [5.74, 6) is 0. The van der Waals surface area contributed by atoms with Crippen LogP contribution in [0.5, 0.6) is 0 Å². The highest BCUT2D eigenvalue weighted by atomic mass is 32.2. The highest BCUT2D eigenvalue weighted by Gasteiger charge is 2.28. The van der Waals surface area contributed by atoms with Gasteiger partial charge in [-0.25, -0.2) is 13.2 Å². The molecule has 1 saturated carbocycles. The fraction of sp³-hybridized carbons (Fsp3) is 0.435. The Morgan fingerprint density at radius 2 is 1.77 bits per heavy atom. The molecule has 1 fully saturated rings. The van der Waals surface area contributed by atoms with Gasteiger partial charge in [0.1, 0.15) is 0 Å². The van der Waals surface area contributed by atoms with Gasteiger partial charge >= 0.3 is 6.03 Å². The fourth-order valence-electron chi connectivity index (χ4n) is 4.27. The van der Waals surface area contributed by atoms with Crippen LogP contribution in [0.15, 0.2) is 41.3 Å². The molecule has 2 aromatic rings. The van der Waals surface area contributed by atoms with Crippen LogP contribution in [0.4, 0.5) is 16.2 Å². The van der Waals surface area contributed by atoms with E-state index in [2.05, 4.69) is 10.0 Å². The zero-order valence-electron chi connectivity index (χ0n) is 17.6. The maximum Gasteiger partial charge on any atom is 0.322 e. The molecular formula is C23H29N3O3S. The van der Waals surface area contributed by atoms with Crippen LogP contribution in [0, 0.1) is 13.8 Å². The van der Waals surface area contributed by atoms with Crippen LogP contribution in [0.3, 0.4) is 0 Å². The molecule has 7 heteroatoms. The maximum absolute atomic E-state index is 12.9. The molecule has 1 aliphatic heterocycles. The van der Waals surface area contributed by atoms with Crippen LogP contribution >= 0.6 is 0 Å². The first-order chi connectivity index (χ1) is 14.3. The topological polar surface area (TPSA) is 78.5 Å². The standard InChI is InChI=1S/C23H29N3O3S/c1-16-8-9-20(14-17(16)2)25-30(28,29)21-10-11-22-18(15-21)12-13-26(22)23(27)24-19-6-4-3-5-7-19/h8-11,14-15,19,25H,3-7,12-13H2,1-2H3,(H,24,27). The summed E-state index contributed by atoms with van der Waals surface area (Å²) in [7, 11) is -3.69. The molecule has 0 aromatic heterocycles. The predicted molar refractivity (Wildman–Crippen MR) is 120 cm³/mol. The van der Waals surface area contributed by atoms with E-state index in [9.17, 15) is 13.2 Å². The van der Waals surface area contributed by atoms with E-state index in [1.54, 1.807) is 29.2 Å². The minimum Gasteiger partial charge on any atom is -0.335 e. The van der Waals surface area contributed by atoms with Crippen LogP contribution in [0.2, 0.25) is 0 Å². The third-order valence-corrected chi connectivity index (χ3v) is 7.57. The predicted octanol–water partition coefficient (Wildman–Crippen LogP) is 4.51. The van der Waals surface area contributed by atoms with Crippen molar-refractivity contribution in [2.45, 2.75) is 63.3 Å². The Kier molecular flexibility index (Phi) is 5.73. The minimum absolute atomic E-state index is 0.0792. The maximum atomic E-state index is 12.9. The zero-order valence-corrected chi connectivity index (χ0v) is 18.4. The second kappa shape index (κ2) is 8.30. The molecule has 0 atom stereocenters. The van der Waals surface area contributed by atoms with Crippen LogP contribution in [-0.4, -0.2) is 27.0 Å². The van der Waals surface area contributed by atoms with Crippen molar-refractivity contribution in [3.8, 4) is 0 Å². The Morgan fingerprint density at radius 3 is 2.50 bits per heavy atom. The summed E-state index contributed by atoms with van der Waals surface area (Å²) in [6, 6.07) is 10.7. The van der Waals surface area contributed by atoms with Gasteiger partial charge in [0.15, 0.2) is 0 Å². The molecular weight excluding hydrogens is 398 g/mol. The third kappa shape index (κ3) is 4.31. The summed E-state index contributed by atoms with van der Waals surface area (Å²) in [6.45, 7) is 4.52. The highest BCUT2D eigenvalue weighted by Crippen LogP contribution is 2.31. The van der Waals surface area contributed by atoms with Crippen molar-refractivity contribution in [3.63, 3.8) is 0 Å².